The fourth-order valence-electron chi connectivity index (χ4n) is 7.73. The molecule has 0 spiro atoms. The molecule has 2 aliphatic heterocycles. The number of aromatic nitrogens is 4. The van der Waals surface area contributed by atoms with Crippen LogP contribution in [0.4, 0.5) is 15.8 Å². The number of amides is 1. The quantitative estimate of drug-likeness (QED) is 0.213. The number of aryl methyl sites for hydroxylation is 1. The third-order valence-corrected chi connectivity index (χ3v) is 10.4. The molecular weight excluding hydrogens is 661 g/mol. The van der Waals surface area contributed by atoms with Crippen molar-refractivity contribution in [3.63, 3.8) is 0 Å². The summed E-state index contributed by atoms with van der Waals surface area (Å²) in [5, 5.41) is 0.401. The van der Waals surface area contributed by atoms with Crippen molar-refractivity contribution < 1.29 is 13.6 Å². The van der Waals surface area contributed by atoms with Crippen LogP contribution in [0.2, 0.25) is 5.02 Å². The molecule has 7 rings (SSSR count). The number of hydrogen-bond donors (Lipinski definition) is 1. The first kappa shape index (κ1) is 33.5. The van der Waals surface area contributed by atoms with Crippen LogP contribution in [0.15, 0.2) is 51.2 Å². The average Bonchev–Trinajstić information content (AvgIpc) is 3.45. The Balaban J connectivity index is 1.66. The van der Waals surface area contributed by atoms with E-state index < -0.39 is 11.6 Å². The van der Waals surface area contributed by atoms with E-state index in [2.05, 4.69) is 26.4 Å². The zero-order valence-electron chi connectivity index (χ0n) is 29.1. The fraction of sp³-hybridized carbons (Fsp3) is 0.378. The molecular formula is C37H39ClFN7O4. The van der Waals surface area contributed by atoms with Gasteiger partial charge in [-0.2, -0.15) is 0 Å². The molecule has 5 heterocycles. The molecule has 50 heavy (non-hydrogen) atoms. The Morgan fingerprint density at radius 1 is 1.06 bits per heavy atom. The normalized spacial score (nSPS) is 17.6. The first-order valence-electron chi connectivity index (χ1n) is 16.7. The molecule has 2 aliphatic rings. The second kappa shape index (κ2) is 12.1. The second-order valence-corrected chi connectivity index (χ2v) is 14.3. The number of H-pyrrole nitrogens is 1. The Morgan fingerprint density at radius 2 is 1.74 bits per heavy atom. The summed E-state index contributed by atoms with van der Waals surface area (Å²) in [4.78, 5) is 58.2. The lowest BCUT2D eigenvalue weighted by Crippen LogP contribution is -2.64. The zero-order chi connectivity index (χ0) is 35.9. The van der Waals surface area contributed by atoms with Crippen molar-refractivity contribution in [1.29, 1.82) is 0 Å². The molecule has 13 heteroatoms. The van der Waals surface area contributed by atoms with Crippen molar-refractivity contribution in [2.24, 2.45) is 0 Å². The van der Waals surface area contributed by atoms with Gasteiger partial charge in [-0.3, -0.25) is 19.1 Å². The van der Waals surface area contributed by atoms with E-state index in [0.717, 1.165) is 0 Å². The molecule has 0 radical (unpaired) electrons. The fourth-order valence-corrected chi connectivity index (χ4v) is 8.10. The average molecular weight is 700 g/mol. The van der Waals surface area contributed by atoms with Crippen LogP contribution in [-0.4, -0.2) is 69.1 Å². The van der Waals surface area contributed by atoms with Gasteiger partial charge in [-0.15, -0.1) is 0 Å². The highest BCUT2D eigenvalue weighted by atomic mass is 35.5. The van der Waals surface area contributed by atoms with Crippen LogP contribution in [-0.2, 0) is 4.79 Å². The Labute approximate surface area is 293 Å². The highest BCUT2D eigenvalue weighted by Gasteiger charge is 2.42. The smallest absolute Gasteiger partial charge is 0.407 e. The number of oxazole rings is 1. The number of rotatable bonds is 5. The standard InChI is InChI=1S/C37H39ClFN7O4/c1-9-25(47)44-15-21-14-43(8)34-32(45(21)13-20(44)7)22-12-23(39)27(26-19(6)10-11-24-35(26)50-37(49)42-24)28(38)31(22)46(36(34)48)33-29(17(2)3)40-16-41-30(33)18(4)5/h9-12,16-18,20-21H,1,13-15H2,2-8H3,(H,42,49). The lowest BCUT2D eigenvalue weighted by atomic mass is 9.94. The summed E-state index contributed by atoms with van der Waals surface area (Å²) in [5.74, 6) is -1.71. The molecule has 11 nitrogen and oxygen atoms in total. The summed E-state index contributed by atoms with van der Waals surface area (Å²) < 4.78 is 24.1. The molecule has 5 aromatic rings. The number of halogens is 2. The van der Waals surface area contributed by atoms with Gasteiger partial charge in [0.2, 0.25) is 5.91 Å². The van der Waals surface area contributed by atoms with Gasteiger partial charge in [-0.1, -0.05) is 51.9 Å². The second-order valence-electron chi connectivity index (χ2n) is 14.0. The maximum absolute atomic E-state index is 17.0. The van der Waals surface area contributed by atoms with Crippen LogP contribution in [0.5, 0.6) is 0 Å². The number of hydrogen-bond acceptors (Lipinski definition) is 8. The number of benzene rings is 2. The predicted octanol–water partition coefficient (Wildman–Crippen LogP) is 6.27. The summed E-state index contributed by atoms with van der Waals surface area (Å²) in [6, 6.07) is 4.45. The number of carbonyl (C=O) groups excluding carboxylic acids is 1. The van der Waals surface area contributed by atoms with Crippen molar-refractivity contribution >= 4 is 50.9 Å². The first-order valence-corrected chi connectivity index (χ1v) is 17.1. The van der Waals surface area contributed by atoms with Crippen LogP contribution in [0.1, 0.15) is 63.4 Å². The van der Waals surface area contributed by atoms with Crippen molar-refractivity contribution in [2.75, 3.05) is 36.5 Å². The highest BCUT2D eigenvalue weighted by Crippen LogP contribution is 2.48. The number of nitrogens with one attached hydrogen (secondary N) is 1. The molecule has 2 atom stereocenters. The first-order chi connectivity index (χ1) is 23.7. The van der Waals surface area contributed by atoms with Crippen molar-refractivity contribution in [1.82, 2.24) is 24.4 Å². The number of nitrogens with zero attached hydrogens (tertiary/aromatic N) is 6. The number of pyridine rings is 1. The number of piperazine rings is 1. The monoisotopic (exact) mass is 699 g/mol. The van der Waals surface area contributed by atoms with Crippen molar-refractivity contribution in [3.8, 4) is 16.8 Å². The van der Waals surface area contributed by atoms with E-state index in [1.54, 1.807) is 28.5 Å². The number of anilines is 2. The Morgan fingerprint density at radius 3 is 2.38 bits per heavy atom. The molecule has 3 aromatic heterocycles. The molecule has 0 bridgehead atoms. The Kier molecular flexibility index (Phi) is 8.12. The zero-order valence-corrected chi connectivity index (χ0v) is 29.9. The van der Waals surface area contributed by atoms with Gasteiger partial charge in [0.05, 0.1) is 44.9 Å². The van der Waals surface area contributed by atoms with E-state index in [4.69, 9.17) is 16.0 Å². The highest BCUT2D eigenvalue weighted by molar-refractivity contribution is 6.39. The lowest BCUT2D eigenvalue weighted by molar-refractivity contribution is -0.128. The molecule has 0 aliphatic carbocycles. The SMILES string of the molecule is C=CC(=O)N1CC2CN(C)c3c(c4cc(F)c(-c5c(C)ccc6[nH]c(=O)oc56)c(Cl)c4n(-c4c(C(C)C)ncnc4C(C)C)c3=O)N2CC1C. The molecule has 1 saturated heterocycles. The maximum atomic E-state index is 17.0. The van der Waals surface area contributed by atoms with Gasteiger partial charge in [-0.25, -0.2) is 19.2 Å². The minimum absolute atomic E-state index is 0.00245. The van der Waals surface area contributed by atoms with E-state index in [-0.39, 0.29) is 57.1 Å². The Hall–Kier alpha value is -4.97. The molecule has 2 aromatic carbocycles. The minimum atomic E-state index is -0.683. The molecule has 1 fully saturated rings. The van der Waals surface area contributed by atoms with Gasteiger partial charge in [-0.05, 0) is 49.5 Å². The summed E-state index contributed by atoms with van der Waals surface area (Å²) in [6.45, 7) is 16.6. The van der Waals surface area contributed by atoms with Crippen molar-refractivity contribution in [2.45, 2.75) is 65.5 Å². The summed E-state index contributed by atoms with van der Waals surface area (Å²) in [5.41, 5.74) is 4.13. The van der Waals surface area contributed by atoms with Crippen LogP contribution >= 0.6 is 11.6 Å². The largest absolute Gasteiger partial charge is 0.417 e. The van der Waals surface area contributed by atoms with E-state index >= 15 is 9.18 Å². The van der Waals surface area contributed by atoms with Crippen molar-refractivity contribution in [3.05, 3.63) is 85.9 Å². The molecule has 2 unspecified atom stereocenters. The van der Waals surface area contributed by atoms with Crippen LogP contribution < -0.4 is 21.1 Å². The lowest BCUT2D eigenvalue weighted by Gasteiger charge is -2.51. The molecule has 1 N–H and O–H groups in total. The number of carbonyl (C=O) groups is 1. The number of likely N-dealkylation sites (N-methyl/N-ethyl adjacent to an activating group) is 1. The van der Waals surface area contributed by atoms with Crippen LogP contribution in [0, 0.1) is 12.7 Å². The van der Waals surface area contributed by atoms with Gasteiger partial charge < -0.3 is 19.1 Å². The van der Waals surface area contributed by atoms with E-state index in [1.807, 2.05) is 46.6 Å². The summed E-state index contributed by atoms with van der Waals surface area (Å²) >= 11 is 7.45. The van der Waals surface area contributed by atoms with Crippen LogP contribution in [0.3, 0.4) is 0 Å². The summed E-state index contributed by atoms with van der Waals surface area (Å²) in [7, 11) is 1.84. The Bertz CT molecular complexity index is 2330. The van der Waals surface area contributed by atoms with Gasteiger partial charge in [0.15, 0.2) is 5.58 Å². The topological polar surface area (TPSA) is 121 Å². The number of aromatic amines is 1. The van der Waals surface area contributed by atoms with Gasteiger partial charge >= 0.3 is 5.76 Å². The molecule has 0 saturated carbocycles. The summed E-state index contributed by atoms with van der Waals surface area (Å²) in [6.07, 6.45) is 2.82. The number of fused-ring (bicyclic) bond motifs is 6. The molecule has 260 valence electrons. The van der Waals surface area contributed by atoms with Gasteiger partial charge in [0.25, 0.3) is 5.56 Å². The van der Waals surface area contributed by atoms with Crippen LogP contribution in [0.25, 0.3) is 38.8 Å². The van der Waals surface area contributed by atoms with E-state index in [1.165, 1.54) is 18.5 Å². The predicted molar refractivity (Wildman–Crippen MR) is 195 cm³/mol. The third-order valence-electron chi connectivity index (χ3n) is 10.00. The maximum Gasteiger partial charge on any atom is 0.417 e. The van der Waals surface area contributed by atoms with E-state index in [0.29, 0.717) is 70.1 Å². The minimum Gasteiger partial charge on any atom is -0.407 e. The molecule has 1 amide bonds. The van der Waals surface area contributed by atoms with Gasteiger partial charge in [0, 0.05) is 49.2 Å². The third kappa shape index (κ3) is 4.94. The van der Waals surface area contributed by atoms with Gasteiger partial charge in [0.1, 0.15) is 17.8 Å². The van der Waals surface area contributed by atoms with E-state index in [9.17, 15) is 9.59 Å².